The van der Waals surface area contributed by atoms with Crippen LogP contribution in [0.4, 0.5) is 4.79 Å². The van der Waals surface area contributed by atoms with Gasteiger partial charge < -0.3 is 20.3 Å². The first-order valence-corrected chi connectivity index (χ1v) is 13.9. The van der Waals surface area contributed by atoms with E-state index in [1.165, 1.54) is 9.91 Å². The number of carbonyl (C=O) groups is 3. The molecular weight excluding hydrogens is 506 g/mol. The topological polar surface area (TPSA) is 103 Å². The first-order valence-electron chi connectivity index (χ1n) is 13.9. The number of amides is 4. The molecule has 0 bridgehead atoms. The summed E-state index contributed by atoms with van der Waals surface area (Å²) in [6, 6.07) is 22.4. The normalized spacial score (nSPS) is 15.4. The Kier molecular flexibility index (Phi) is 10.5. The van der Waals surface area contributed by atoms with Crippen LogP contribution in [0.1, 0.15) is 30.9 Å². The van der Waals surface area contributed by atoms with E-state index in [4.69, 9.17) is 4.74 Å². The molecule has 0 spiro atoms. The first kappa shape index (κ1) is 29.0. The first-order chi connectivity index (χ1) is 19.4. The number of nitrogens with zero attached hydrogens (tertiary/aromatic N) is 2. The lowest BCUT2D eigenvalue weighted by Gasteiger charge is -2.31. The van der Waals surface area contributed by atoms with Crippen LogP contribution in [-0.4, -0.2) is 73.2 Å². The van der Waals surface area contributed by atoms with Crippen LogP contribution in [0.15, 0.2) is 72.8 Å². The van der Waals surface area contributed by atoms with Crippen LogP contribution >= 0.6 is 0 Å². The fourth-order valence-electron chi connectivity index (χ4n) is 4.84. The molecule has 0 aliphatic carbocycles. The minimum Gasteiger partial charge on any atom is -0.370 e. The summed E-state index contributed by atoms with van der Waals surface area (Å²) < 4.78 is 5.71. The molecule has 3 aromatic carbocycles. The maximum atomic E-state index is 13.8. The summed E-state index contributed by atoms with van der Waals surface area (Å²) in [5.74, 6) is -0.754. The smallest absolute Gasteiger partial charge is 0.336 e. The number of carbonyl (C=O) groups excluding carboxylic acids is 3. The van der Waals surface area contributed by atoms with Crippen molar-refractivity contribution in [2.75, 3.05) is 33.4 Å². The molecule has 1 aliphatic rings. The fourth-order valence-corrected chi connectivity index (χ4v) is 4.84. The highest BCUT2D eigenvalue weighted by Crippen LogP contribution is 2.18. The van der Waals surface area contributed by atoms with Gasteiger partial charge in [-0.3, -0.25) is 15.0 Å². The van der Waals surface area contributed by atoms with Crippen molar-refractivity contribution in [1.82, 2.24) is 26.0 Å². The van der Waals surface area contributed by atoms with Gasteiger partial charge in [-0.05, 0) is 48.2 Å². The molecule has 0 unspecified atom stereocenters. The third kappa shape index (κ3) is 8.03. The number of urea groups is 1. The molecule has 2 atom stereocenters. The molecule has 0 aromatic heterocycles. The van der Waals surface area contributed by atoms with Gasteiger partial charge >= 0.3 is 6.03 Å². The molecule has 40 heavy (non-hydrogen) atoms. The molecule has 1 aliphatic heterocycles. The standard InChI is InChI=1S/C31H39N5O4/c1-3-32-31(39)36(20-23-10-5-4-6-11-23)34-30(38)28(19-24-15-16-25-12-7-8-13-26(25)18-24)35(2)29(37)22-40-21-27-14-9-17-33-27/h4-8,10-13,15-16,18,27-28,33H,3,9,14,17,19-22H2,1-2H3,(H,32,39)(H,34,38)/t27-,28+/m1/s1. The Bertz CT molecular complexity index is 1280. The largest absolute Gasteiger partial charge is 0.370 e. The molecule has 0 radical (unpaired) electrons. The van der Waals surface area contributed by atoms with Crippen LogP contribution in [0.25, 0.3) is 10.8 Å². The molecular formula is C31H39N5O4. The van der Waals surface area contributed by atoms with Crippen molar-refractivity contribution < 1.29 is 19.1 Å². The van der Waals surface area contributed by atoms with Crippen LogP contribution in [0.2, 0.25) is 0 Å². The number of hydrogen-bond acceptors (Lipinski definition) is 5. The predicted octanol–water partition coefficient (Wildman–Crippen LogP) is 3.24. The van der Waals surface area contributed by atoms with Crippen molar-refractivity contribution in [2.45, 2.75) is 44.8 Å². The Labute approximate surface area is 235 Å². The van der Waals surface area contributed by atoms with E-state index in [1.807, 2.05) is 79.7 Å². The highest BCUT2D eigenvalue weighted by Gasteiger charge is 2.30. The van der Waals surface area contributed by atoms with Gasteiger partial charge in [-0.15, -0.1) is 0 Å². The minimum absolute atomic E-state index is 0.125. The zero-order chi connectivity index (χ0) is 28.3. The van der Waals surface area contributed by atoms with Crippen LogP contribution in [0.5, 0.6) is 0 Å². The van der Waals surface area contributed by atoms with E-state index in [-0.39, 0.29) is 31.5 Å². The Hall–Kier alpha value is -3.95. The highest BCUT2D eigenvalue weighted by molar-refractivity contribution is 5.90. The van der Waals surface area contributed by atoms with Gasteiger partial charge in [0.25, 0.3) is 5.91 Å². The summed E-state index contributed by atoms with van der Waals surface area (Å²) >= 11 is 0. The molecule has 0 saturated carbocycles. The number of fused-ring (bicyclic) bond motifs is 1. The van der Waals surface area contributed by atoms with E-state index in [2.05, 4.69) is 16.1 Å². The van der Waals surface area contributed by atoms with Crippen LogP contribution in [0.3, 0.4) is 0 Å². The number of rotatable bonds is 11. The predicted molar refractivity (Wildman–Crippen MR) is 155 cm³/mol. The molecule has 1 saturated heterocycles. The Morgan fingerprint density at radius 3 is 2.48 bits per heavy atom. The number of likely N-dealkylation sites (N-methyl/N-ethyl adjacent to an activating group) is 1. The van der Waals surface area contributed by atoms with Crippen molar-refractivity contribution in [3.05, 3.63) is 83.9 Å². The Morgan fingerprint density at radius 2 is 1.75 bits per heavy atom. The number of benzene rings is 3. The van der Waals surface area contributed by atoms with Crippen LogP contribution < -0.4 is 16.1 Å². The van der Waals surface area contributed by atoms with Crippen LogP contribution in [0, 0.1) is 0 Å². The zero-order valence-electron chi connectivity index (χ0n) is 23.3. The van der Waals surface area contributed by atoms with E-state index in [1.54, 1.807) is 7.05 Å². The lowest BCUT2D eigenvalue weighted by molar-refractivity contribution is -0.144. The average molecular weight is 546 g/mol. The maximum absolute atomic E-state index is 13.8. The zero-order valence-corrected chi connectivity index (χ0v) is 23.3. The molecule has 3 N–H and O–H groups in total. The quantitative estimate of drug-likeness (QED) is 0.321. The molecule has 4 amide bonds. The summed E-state index contributed by atoms with van der Waals surface area (Å²) in [6.07, 6.45) is 2.40. The summed E-state index contributed by atoms with van der Waals surface area (Å²) in [5.41, 5.74) is 4.55. The van der Waals surface area contributed by atoms with E-state index in [0.29, 0.717) is 13.2 Å². The second-order valence-electron chi connectivity index (χ2n) is 10.1. The second kappa shape index (κ2) is 14.4. The van der Waals surface area contributed by atoms with Gasteiger partial charge in [0.15, 0.2) is 0 Å². The summed E-state index contributed by atoms with van der Waals surface area (Å²) in [7, 11) is 1.61. The van der Waals surface area contributed by atoms with Gasteiger partial charge in [-0.1, -0.05) is 72.8 Å². The van der Waals surface area contributed by atoms with Crippen molar-refractivity contribution >= 4 is 28.6 Å². The molecule has 9 nitrogen and oxygen atoms in total. The molecule has 212 valence electrons. The highest BCUT2D eigenvalue weighted by atomic mass is 16.5. The van der Waals surface area contributed by atoms with Gasteiger partial charge in [0.2, 0.25) is 5.91 Å². The van der Waals surface area contributed by atoms with Crippen molar-refractivity contribution in [3.63, 3.8) is 0 Å². The molecule has 9 heteroatoms. The third-order valence-corrected chi connectivity index (χ3v) is 7.12. The van der Waals surface area contributed by atoms with E-state index < -0.39 is 18.0 Å². The van der Waals surface area contributed by atoms with Gasteiger partial charge in [0.05, 0.1) is 13.2 Å². The average Bonchev–Trinajstić information content (AvgIpc) is 3.49. The maximum Gasteiger partial charge on any atom is 0.336 e. The van der Waals surface area contributed by atoms with Crippen molar-refractivity contribution in [1.29, 1.82) is 0 Å². The number of hydrazine groups is 1. The lowest BCUT2D eigenvalue weighted by Crippen LogP contribution is -2.57. The third-order valence-electron chi connectivity index (χ3n) is 7.12. The van der Waals surface area contributed by atoms with Gasteiger partial charge in [0.1, 0.15) is 12.6 Å². The summed E-state index contributed by atoms with van der Waals surface area (Å²) in [4.78, 5) is 41.3. The fraction of sp³-hybridized carbons (Fsp3) is 0.387. The van der Waals surface area contributed by atoms with Gasteiger partial charge in [-0.25, -0.2) is 9.80 Å². The Morgan fingerprint density at radius 1 is 1.00 bits per heavy atom. The van der Waals surface area contributed by atoms with Gasteiger partial charge in [0, 0.05) is 26.1 Å². The molecule has 3 aromatic rings. The number of ether oxygens (including phenoxy) is 1. The van der Waals surface area contributed by atoms with Crippen molar-refractivity contribution in [2.24, 2.45) is 0 Å². The lowest BCUT2D eigenvalue weighted by atomic mass is 10.0. The van der Waals surface area contributed by atoms with Crippen molar-refractivity contribution in [3.8, 4) is 0 Å². The van der Waals surface area contributed by atoms with E-state index >= 15 is 0 Å². The summed E-state index contributed by atoms with van der Waals surface area (Å²) in [5, 5.41) is 9.51. The minimum atomic E-state index is -0.866. The monoisotopic (exact) mass is 545 g/mol. The van der Waals surface area contributed by atoms with Crippen LogP contribution in [-0.2, 0) is 27.3 Å². The Balaban J connectivity index is 1.52. The van der Waals surface area contributed by atoms with Gasteiger partial charge in [-0.2, -0.15) is 0 Å². The SMILES string of the molecule is CCNC(=O)N(Cc1ccccc1)NC(=O)[C@H](Cc1ccc2ccccc2c1)N(C)C(=O)COC[C@H]1CCCN1. The second-order valence-corrected chi connectivity index (χ2v) is 10.1. The van der Waals surface area contributed by atoms with E-state index in [0.717, 1.165) is 41.3 Å². The number of hydrogen-bond donors (Lipinski definition) is 3. The molecule has 1 fully saturated rings. The number of nitrogens with one attached hydrogen (secondary N) is 3. The molecule has 4 rings (SSSR count). The van der Waals surface area contributed by atoms with E-state index in [9.17, 15) is 14.4 Å². The molecule has 1 heterocycles. The summed E-state index contributed by atoms with van der Waals surface area (Å²) in [6.45, 7) is 3.68.